The summed E-state index contributed by atoms with van der Waals surface area (Å²) in [6, 6.07) is 2.41. The van der Waals surface area contributed by atoms with E-state index in [9.17, 15) is 15.5 Å². The minimum Gasteiger partial charge on any atom is -0.393 e. The number of aliphatic hydroxyl groups excluding tert-OH is 2. The number of nitrogens with zero attached hydrogens (tertiary/aromatic N) is 3. The van der Waals surface area contributed by atoms with E-state index in [1.807, 2.05) is 0 Å². The minimum atomic E-state index is -0.152. The standard InChI is InChI=1S/C14H25N3O2/c15-9-12(10-16-5-1-13(18)2-6-16)11-17-7-3-14(19)4-8-17/h12-14,18-19H,1-8,10-11H2. The van der Waals surface area contributed by atoms with Crippen LogP contribution in [-0.2, 0) is 0 Å². The molecule has 2 N–H and O–H groups in total. The molecule has 19 heavy (non-hydrogen) atoms. The summed E-state index contributed by atoms with van der Waals surface area (Å²) >= 11 is 0. The first-order chi connectivity index (χ1) is 9.17. The summed E-state index contributed by atoms with van der Waals surface area (Å²) in [5.41, 5.74) is 0. The zero-order valence-electron chi connectivity index (χ0n) is 11.5. The molecule has 0 unspecified atom stereocenters. The second-order valence-corrected chi connectivity index (χ2v) is 5.89. The van der Waals surface area contributed by atoms with Gasteiger partial charge in [-0.05, 0) is 25.7 Å². The highest BCUT2D eigenvalue weighted by atomic mass is 16.3. The van der Waals surface area contributed by atoms with Crippen molar-refractivity contribution < 1.29 is 10.2 Å². The fourth-order valence-corrected chi connectivity index (χ4v) is 2.97. The lowest BCUT2D eigenvalue weighted by molar-refractivity contribution is 0.0621. The second kappa shape index (κ2) is 7.20. The topological polar surface area (TPSA) is 70.7 Å². The molecule has 2 aliphatic heterocycles. The van der Waals surface area contributed by atoms with Crippen LogP contribution in [0.15, 0.2) is 0 Å². The lowest BCUT2D eigenvalue weighted by Gasteiger charge is -2.34. The molecule has 0 amide bonds. The summed E-state index contributed by atoms with van der Waals surface area (Å²) < 4.78 is 0. The van der Waals surface area contributed by atoms with Crippen LogP contribution in [0.1, 0.15) is 25.7 Å². The summed E-state index contributed by atoms with van der Waals surface area (Å²) in [5.74, 6) is 0.0329. The van der Waals surface area contributed by atoms with Gasteiger partial charge in [0, 0.05) is 39.3 Å². The van der Waals surface area contributed by atoms with E-state index in [1.165, 1.54) is 0 Å². The molecule has 0 aromatic carbocycles. The first kappa shape index (κ1) is 14.7. The largest absolute Gasteiger partial charge is 0.393 e. The van der Waals surface area contributed by atoms with Gasteiger partial charge in [0.25, 0.3) is 0 Å². The molecule has 0 bridgehead atoms. The van der Waals surface area contributed by atoms with Crippen LogP contribution in [0.2, 0.25) is 0 Å². The monoisotopic (exact) mass is 267 g/mol. The molecule has 2 aliphatic rings. The third-order valence-corrected chi connectivity index (χ3v) is 4.25. The zero-order valence-corrected chi connectivity index (χ0v) is 11.5. The molecule has 0 atom stereocenters. The van der Waals surface area contributed by atoms with E-state index in [0.717, 1.165) is 65.0 Å². The molecule has 0 aromatic rings. The van der Waals surface area contributed by atoms with Crippen molar-refractivity contribution in [1.82, 2.24) is 9.80 Å². The van der Waals surface area contributed by atoms with E-state index in [0.29, 0.717) is 0 Å². The average molecular weight is 267 g/mol. The van der Waals surface area contributed by atoms with Crippen LogP contribution < -0.4 is 0 Å². The Morgan fingerprint density at radius 2 is 1.26 bits per heavy atom. The van der Waals surface area contributed by atoms with E-state index in [-0.39, 0.29) is 18.1 Å². The Morgan fingerprint density at radius 3 is 1.58 bits per heavy atom. The molecule has 0 aliphatic carbocycles. The molecule has 108 valence electrons. The number of nitriles is 1. The second-order valence-electron chi connectivity index (χ2n) is 5.89. The van der Waals surface area contributed by atoms with Gasteiger partial charge in [-0.25, -0.2) is 0 Å². The van der Waals surface area contributed by atoms with Gasteiger partial charge in [0.1, 0.15) is 0 Å². The van der Waals surface area contributed by atoms with Gasteiger partial charge in [-0.1, -0.05) is 0 Å². The van der Waals surface area contributed by atoms with Crippen LogP contribution in [0.5, 0.6) is 0 Å². The molecular formula is C14H25N3O2. The van der Waals surface area contributed by atoms with Crippen molar-refractivity contribution in [2.45, 2.75) is 37.9 Å². The summed E-state index contributed by atoms with van der Waals surface area (Å²) in [6.45, 7) is 5.22. The summed E-state index contributed by atoms with van der Waals surface area (Å²) in [6.07, 6.45) is 3.00. The van der Waals surface area contributed by atoms with Gasteiger partial charge in [0.15, 0.2) is 0 Å². The van der Waals surface area contributed by atoms with Crippen LogP contribution in [-0.4, -0.2) is 71.5 Å². The molecule has 0 spiro atoms. The van der Waals surface area contributed by atoms with Crippen LogP contribution in [0.3, 0.4) is 0 Å². The van der Waals surface area contributed by atoms with Gasteiger partial charge in [-0.2, -0.15) is 5.26 Å². The van der Waals surface area contributed by atoms with Gasteiger partial charge in [-0.3, -0.25) is 0 Å². The smallest absolute Gasteiger partial charge is 0.0717 e. The third-order valence-electron chi connectivity index (χ3n) is 4.25. The third kappa shape index (κ3) is 4.73. The number of hydrogen-bond acceptors (Lipinski definition) is 5. The lowest BCUT2D eigenvalue weighted by atomic mass is 10.0. The SMILES string of the molecule is N#CC(CN1CCC(O)CC1)CN1CCC(O)CC1. The molecule has 2 rings (SSSR count). The van der Waals surface area contributed by atoms with Gasteiger partial charge in [0.05, 0.1) is 24.2 Å². The molecular weight excluding hydrogens is 242 g/mol. The Balaban J connectivity index is 1.73. The van der Waals surface area contributed by atoms with Crippen molar-refractivity contribution in [3.8, 4) is 6.07 Å². The zero-order chi connectivity index (χ0) is 13.7. The van der Waals surface area contributed by atoms with E-state index >= 15 is 0 Å². The van der Waals surface area contributed by atoms with Crippen molar-refractivity contribution in [3.05, 3.63) is 0 Å². The normalized spacial score (nSPS) is 24.7. The van der Waals surface area contributed by atoms with E-state index < -0.39 is 0 Å². The number of hydrogen-bond donors (Lipinski definition) is 2. The van der Waals surface area contributed by atoms with Crippen molar-refractivity contribution >= 4 is 0 Å². The maximum Gasteiger partial charge on any atom is 0.0717 e. The van der Waals surface area contributed by atoms with Gasteiger partial charge in [-0.15, -0.1) is 0 Å². The number of aliphatic hydroxyl groups is 2. The van der Waals surface area contributed by atoms with Crippen molar-refractivity contribution in [3.63, 3.8) is 0 Å². The highest BCUT2D eigenvalue weighted by molar-refractivity contribution is 4.89. The Bertz CT molecular complexity index is 278. The highest BCUT2D eigenvalue weighted by Gasteiger charge is 2.23. The lowest BCUT2D eigenvalue weighted by Crippen LogP contribution is -2.43. The van der Waals surface area contributed by atoms with Gasteiger partial charge >= 0.3 is 0 Å². The first-order valence-corrected chi connectivity index (χ1v) is 7.38. The van der Waals surface area contributed by atoms with Crippen molar-refractivity contribution in [2.75, 3.05) is 39.3 Å². The Kier molecular flexibility index (Phi) is 5.59. The fraction of sp³-hybridized carbons (Fsp3) is 0.929. The Morgan fingerprint density at radius 1 is 0.895 bits per heavy atom. The highest BCUT2D eigenvalue weighted by Crippen LogP contribution is 2.15. The minimum absolute atomic E-state index is 0.0329. The predicted octanol–water partition coefficient (Wildman–Crippen LogP) is 0.0396. The number of likely N-dealkylation sites (tertiary alicyclic amines) is 2. The number of rotatable bonds is 4. The quantitative estimate of drug-likeness (QED) is 0.752. The van der Waals surface area contributed by atoms with Crippen LogP contribution in [0.25, 0.3) is 0 Å². The molecule has 2 fully saturated rings. The molecule has 2 heterocycles. The van der Waals surface area contributed by atoms with Crippen molar-refractivity contribution in [1.29, 1.82) is 5.26 Å². The summed E-state index contributed by atoms with van der Waals surface area (Å²) in [7, 11) is 0. The molecule has 2 saturated heterocycles. The van der Waals surface area contributed by atoms with E-state index in [4.69, 9.17) is 0 Å². The maximum atomic E-state index is 9.48. The Labute approximate surface area is 115 Å². The first-order valence-electron chi connectivity index (χ1n) is 7.38. The van der Waals surface area contributed by atoms with Gasteiger partial charge < -0.3 is 20.0 Å². The number of piperidine rings is 2. The van der Waals surface area contributed by atoms with E-state index in [1.54, 1.807) is 0 Å². The Hall–Kier alpha value is -0.670. The maximum absolute atomic E-state index is 9.48. The molecule has 5 nitrogen and oxygen atoms in total. The fourth-order valence-electron chi connectivity index (χ4n) is 2.97. The summed E-state index contributed by atoms with van der Waals surface area (Å²) in [4.78, 5) is 4.58. The molecule has 0 aromatic heterocycles. The predicted molar refractivity (Wildman–Crippen MR) is 72.5 cm³/mol. The van der Waals surface area contributed by atoms with E-state index in [2.05, 4.69) is 15.9 Å². The van der Waals surface area contributed by atoms with Crippen LogP contribution in [0, 0.1) is 17.2 Å². The molecule has 0 saturated carbocycles. The van der Waals surface area contributed by atoms with Crippen LogP contribution >= 0.6 is 0 Å². The average Bonchev–Trinajstić information content (AvgIpc) is 2.43. The van der Waals surface area contributed by atoms with Crippen molar-refractivity contribution in [2.24, 2.45) is 5.92 Å². The van der Waals surface area contributed by atoms with Gasteiger partial charge in [0.2, 0.25) is 0 Å². The summed E-state index contributed by atoms with van der Waals surface area (Å²) in [5, 5.41) is 28.3. The molecule has 5 heteroatoms. The molecule has 0 radical (unpaired) electrons. The van der Waals surface area contributed by atoms with Crippen LogP contribution in [0.4, 0.5) is 0 Å².